The second-order valence-corrected chi connectivity index (χ2v) is 4.29. The van der Waals surface area contributed by atoms with Crippen molar-refractivity contribution in [2.24, 2.45) is 5.92 Å². The highest BCUT2D eigenvalue weighted by Crippen LogP contribution is 2.01. The first-order valence-electron chi connectivity index (χ1n) is 6.28. The van der Waals surface area contributed by atoms with Gasteiger partial charge in [0.15, 0.2) is 0 Å². The molecule has 0 amide bonds. The molecule has 0 saturated carbocycles. The van der Waals surface area contributed by atoms with E-state index in [1.54, 1.807) is 0 Å². The summed E-state index contributed by atoms with van der Waals surface area (Å²) in [5.41, 5.74) is 0. The van der Waals surface area contributed by atoms with Crippen molar-refractivity contribution in [1.29, 1.82) is 0 Å². The van der Waals surface area contributed by atoms with Gasteiger partial charge in [0, 0.05) is 13.1 Å². The van der Waals surface area contributed by atoms with Gasteiger partial charge in [0.05, 0.1) is 6.61 Å². The monoisotopic (exact) mass is 216 g/mol. The summed E-state index contributed by atoms with van der Waals surface area (Å²) in [5.74, 6) is 0.661. The van der Waals surface area contributed by atoms with Crippen molar-refractivity contribution < 1.29 is 5.11 Å². The van der Waals surface area contributed by atoms with E-state index in [-0.39, 0.29) is 6.61 Å². The van der Waals surface area contributed by atoms with E-state index in [0.29, 0.717) is 5.92 Å². The third-order valence-electron chi connectivity index (χ3n) is 2.56. The Morgan fingerprint density at radius 2 is 2.00 bits per heavy atom. The first-order chi connectivity index (χ1) is 7.24. The second-order valence-electron chi connectivity index (χ2n) is 4.29. The van der Waals surface area contributed by atoms with Crippen LogP contribution in [0.5, 0.6) is 0 Å². The lowest BCUT2D eigenvalue weighted by molar-refractivity contribution is 0.176. The molecule has 0 spiro atoms. The van der Waals surface area contributed by atoms with Gasteiger partial charge in [0.2, 0.25) is 0 Å². The number of aliphatic hydroxyl groups excluding tert-OH is 1. The molecular weight excluding hydrogens is 188 g/mol. The maximum Gasteiger partial charge on any atom is 0.0558 e. The summed E-state index contributed by atoms with van der Waals surface area (Å²) in [6, 6.07) is 0. The molecule has 3 heteroatoms. The fourth-order valence-electron chi connectivity index (χ4n) is 1.71. The van der Waals surface area contributed by atoms with Gasteiger partial charge in [-0.3, -0.25) is 0 Å². The summed E-state index contributed by atoms with van der Waals surface area (Å²) in [7, 11) is 0. The highest BCUT2D eigenvalue weighted by atomic mass is 16.3. The zero-order valence-electron chi connectivity index (χ0n) is 10.6. The van der Waals surface area contributed by atoms with Gasteiger partial charge < -0.3 is 15.3 Å². The van der Waals surface area contributed by atoms with Gasteiger partial charge in [-0.2, -0.15) is 0 Å². The van der Waals surface area contributed by atoms with Crippen molar-refractivity contribution in [1.82, 2.24) is 10.2 Å². The van der Waals surface area contributed by atoms with Crippen LogP contribution >= 0.6 is 0 Å². The number of nitrogens with zero attached hydrogens (tertiary/aromatic N) is 1. The van der Waals surface area contributed by atoms with E-state index in [9.17, 15) is 0 Å². The molecule has 0 bridgehead atoms. The second kappa shape index (κ2) is 10.4. The first-order valence-corrected chi connectivity index (χ1v) is 6.28. The molecule has 3 nitrogen and oxygen atoms in total. The lowest BCUT2D eigenvalue weighted by Gasteiger charge is -2.24. The molecular formula is C12H28N2O. The molecule has 0 radical (unpaired) electrons. The summed E-state index contributed by atoms with van der Waals surface area (Å²) in [4.78, 5) is 2.37. The Morgan fingerprint density at radius 1 is 1.27 bits per heavy atom. The lowest BCUT2D eigenvalue weighted by atomic mass is 10.1. The molecule has 0 rings (SSSR count). The van der Waals surface area contributed by atoms with Gasteiger partial charge in [0.1, 0.15) is 0 Å². The predicted molar refractivity (Wildman–Crippen MR) is 66.1 cm³/mol. The Kier molecular flexibility index (Phi) is 10.3. The number of hydrogen-bond donors (Lipinski definition) is 2. The first kappa shape index (κ1) is 14.9. The molecule has 0 aliphatic heterocycles. The molecule has 1 unspecified atom stereocenters. The fraction of sp³-hybridized carbons (Fsp3) is 1.00. The smallest absolute Gasteiger partial charge is 0.0558 e. The maximum absolute atomic E-state index is 8.97. The van der Waals surface area contributed by atoms with E-state index in [0.717, 1.165) is 32.7 Å². The number of aliphatic hydroxyl groups is 1. The van der Waals surface area contributed by atoms with E-state index in [1.807, 2.05) is 0 Å². The van der Waals surface area contributed by atoms with Crippen LogP contribution in [-0.4, -0.2) is 49.3 Å². The van der Waals surface area contributed by atoms with Gasteiger partial charge >= 0.3 is 0 Å². The van der Waals surface area contributed by atoms with Gasteiger partial charge in [-0.05, 0) is 32.0 Å². The Morgan fingerprint density at radius 3 is 2.53 bits per heavy atom. The molecule has 1 atom stereocenters. The van der Waals surface area contributed by atoms with Crippen LogP contribution in [0.15, 0.2) is 0 Å². The molecule has 2 N–H and O–H groups in total. The average Bonchev–Trinajstić information content (AvgIpc) is 2.23. The van der Waals surface area contributed by atoms with Crippen LogP contribution in [0, 0.1) is 5.92 Å². The molecule has 0 aliphatic rings. The van der Waals surface area contributed by atoms with E-state index < -0.39 is 0 Å². The average molecular weight is 216 g/mol. The quantitative estimate of drug-likeness (QED) is 0.578. The van der Waals surface area contributed by atoms with Crippen LogP contribution < -0.4 is 5.32 Å². The van der Waals surface area contributed by atoms with Crippen molar-refractivity contribution in [3.05, 3.63) is 0 Å². The topological polar surface area (TPSA) is 35.5 Å². The Bertz CT molecular complexity index is 131. The van der Waals surface area contributed by atoms with Crippen molar-refractivity contribution >= 4 is 0 Å². The number of unbranched alkanes of at least 4 members (excludes halogenated alkanes) is 1. The summed E-state index contributed by atoms with van der Waals surface area (Å²) in [5, 5.41) is 12.3. The largest absolute Gasteiger partial charge is 0.395 e. The molecule has 0 aliphatic carbocycles. The highest BCUT2D eigenvalue weighted by Gasteiger charge is 2.08. The Balaban J connectivity index is 3.70. The van der Waals surface area contributed by atoms with Crippen LogP contribution in [0.3, 0.4) is 0 Å². The minimum Gasteiger partial charge on any atom is -0.395 e. The van der Waals surface area contributed by atoms with Gasteiger partial charge in [-0.25, -0.2) is 0 Å². The standard InChI is InChI=1S/C12H28N2O/c1-4-6-7-14(8-9-15)11-12(3)10-13-5-2/h12-13,15H,4-11H2,1-3H3. The van der Waals surface area contributed by atoms with E-state index in [1.165, 1.54) is 12.8 Å². The number of nitrogens with one attached hydrogen (secondary N) is 1. The van der Waals surface area contributed by atoms with Crippen LogP contribution in [0.1, 0.15) is 33.6 Å². The molecule has 15 heavy (non-hydrogen) atoms. The Hall–Kier alpha value is -0.120. The van der Waals surface area contributed by atoms with E-state index in [2.05, 4.69) is 31.0 Å². The van der Waals surface area contributed by atoms with E-state index >= 15 is 0 Å². The van der Waals surface area contributed by atoms with Crippen LogP contribution in [-0.2, 0) is 0 Å². The summed E-state index contributed by atoms with van der Waals surface area (Å²) >= 11 is 0. The molecule has 0 aromatic carbocycles. The summed E-state index contributed by atoms with van der Waals surface area (Å²) < 4.78 is 0. The number of rotatable bonds is 10. The molecule has 92 valence electrons. The third-order valence-corrected chi connectivity index (χ3v) is 2.56. The lowest BCUT2D eigenvalue weighted by Crippen LogP contribution is -2.35. The van der Waals surface area contributed by atoms with Crippen LogP contribution in [0.2, 0.25) is 0 Å². The Labute approximate surface area is 94.9 Å². The van der Waals surface area contributed by atoms with Crippen molar-refractivity contribution in [3.63, 3.8) is 0 Å². The van der Waals surface area contributed by atoms with Crippen molar-refractivity contribution in [2.45, 2.75) is 33.6 Å². The molecule has 0 aromatic heterocycles. The van der Waals surface area contributed by atoms with E-state index in [4.69, 9.17) is 5.11 Å². The fourth-order valence-corrected chi connectivity index (χ4v) is 1.71. The third kappa shape index (κ3) is 8.85. The zero-order valence-corrected chi connectivity index (χ0v) is 10.6. The molecule has 0 heterocycles. The summed E-state index contributed by atoms with van der Waals surface area (Å²) in [6.07, 6.45) is 2.46. The minimum atomic E-state index is 0.275. The maximum atomic E-state index is 8.97. The molecule has 0 fully saturated rings. The molecule has 0 aromatic rings. The summed E-state index contributed by atoms with van der Waals surface area (Å²) in [6.45, 7) is 12.0. The van der Waals surface area contributed by atoms with Crippen molar-refractivity contribution in [2.75, 3.05) is 39.3 Å². The SMILES string of the molecule is CCCCN(CCO)CC(C)CNCC. The van der Waals surface area contributed by atoms with Crippen LogP contribution in [0.25, 0.3) is 0 Å². The minimum absolute atomic E-state index is 0.275. The van der Waals surface area contributed by atoms with Gasteiger partial charge in [0.25, 0.3) is 0 Å². The van der Waals surface area contributed by atoms with Gasteiger partial charge in [-0.15, -0.1) is 0 Å². The highest BCUT2D eigenvalue weighted by molar-refractivity contribution is 4.64. The normalized spacial score (nSPS) is 13.4. The number of hydrogen-bond acceptors (Lipinski definition) is 3. The predicted octanol–water partition coefficient (Wildman–Crippen LogP) is 1.33. The zero-order chi connectivity index (χ0) is 11.5. The van der Waals surface area contributed by atoms with Gasteiger partial charge in [-0.1, -0.05) is 27.2 Å². The van der Waals surface area contributed by atoms with Crippen molar-refractivity contribution in [3.8, 4) is 0 Å². The molecule has 0 saturated heterocycles. The van der Waals surface area contributed by atoms with Crippen LogP contribution in [0.4, 0.5) is 0 Å².